The number of anilines is 1. The predicted octanol–water partition coefficient (Wildman–Crippen LogP) is 0.889. The second-order valence-corrected chi connectivity index (χ2v) is 6.70. The van der Waals surface area contributed by atoms with Gasteiger partial charge in [-0.25, -0.2) is 9.97 Å². The highest BCUT2D eigenvalue weighted by atomic mass is 19.4. The van der Waals surface area contributed by atoms with E-state index in [9.17, 15) is 13.2 Å². The molecule has 0 aliphatic carbocycles. The molecule has 2 N–H and O–H groups in total. The van der Waals surface area contributed by atoms with Crippen LogP contribution in [0.2, 0.25) is 0 Å². The SMILES string of the molecule is CN=C(NCCNc1nccc(C(F)(F)F)n1)N1CCC(N2CCOCC2)C1. The normalized spacial score (nSPS) is 21.8. The number of aromatic nitrogens is 2. The molecule has 0 amide bonds. The molecule has 156 valence electrons. The van der Waals surface area contributed by atoms with Gasteiger partial charge in [-0.15, -0.1) is 0 Å². The van der Waals surface area contributed by atoms with Gasteiger partial charge in [-0.1, -0.05) is 0 Å². The van der Waals surface area contributed by atoms with Gasteiger partial charge in [-0.2, -0.15) is 13.2 Å². The zero-order chi connectivity index (χ0) is 20.0. The van der Waals surface area contributed by atoms with Crippen LogP contribution in [-0.2, 0) is 10.9 Å². The van der Waals surface area contributed by atoms with Crippen molar-refractivity contribution in [3.05, 3.63) is 18.0 Å². The highest BCUT2D eigenvalue weighted by molar-refractivity contribution is 5.80. The van der Waals surface area contributed by atoms with Crippen LogP contribution in [0.25, 0.3) is 0 Å². The van der Waals surface area contributed by atoms with E-state index < -0.39 is 11.9 Å². The largest absolute Gasteiger partial charge is 0.433 e. The Labute approximate surface area is 162 Å². The standard InChI is InChI=1S/C17H26F3N7O/c1-21-16(27-7-3-13(12-27)26-8-10-28-11-9-26)24-6-5-23-15-22-4-2-14(25-15)17(18,19)20/h2,4,13H,3,5-12H2,1H3,(H,21,24)(H,22,23,25). The number of likely N-dealkylation sites (tertiary alicyclic amines) is 1. The molecule has 0 saturated carbocycles. The van der Waals surface area contributed by atoms with Crippen molar-refractivity contribution in [1.29, 1.82) is 0 Å². The second-order valence-electron chi connectivity index (χ2n) is 6.70. The maximum atomic E-state index is 12.7. The van der Waals surface area contributed by atoms with Crippen molar-refractivity contribution in [1.82, 2.24) is 25.1 Å². The Morgan fingerprint density at radius 2 is 2.07 bits per heavy atom. The van der Waals surface area contributed by atoms with Gasteiger partial charge in [0.15, 0.2) is 5.96 Å². The van der Waals surface area contributed by atoms with E-state index in [4.69, 9.17) is 4.74 Å². The van der Waals surface area contributed by atoms with Gasteiger partial charge >= 0.3 is 6.18 Å². The molecule has 0 bridgehead atoms. The molecule has 2 aliphatic heterocycles. The molecule has 0 radical (unpaired) electrons. The van der Waals surface area contributed by atoms with E-state index in [0.717, 1.165) is 64.0 Å². The average molecular weight is 401 g/mol. The molecule has 2 fully saturated rings. The number of alkyl halides is 3. The van der Waals surface area contributed by atoms with E-state index in [1.54, 1.807) is 7.05 Å². The van der Waals surface area contributed by atoms with Gasteiger partial charge in [0.25, 0.3) is 0 Å². The monoisotopic (exact) mass is 401 g/mol. The number of rotatable bonds is 5. The first-order valence-electron chi connectivity index (χ1n) is 9.39. The van der Waals surface area contributed by atoms with Gasteiger partial charge in [0.1, 0.15) is 5.69 Å². The number of halogens is 3. The molecule has 3 heterocycles. The molecule has 28 heavy (non-hydrogen) atoms. The molecule has 1 unspecified atom stereocenters. The Bertz CT molecular complexity index is 664. The summed E-state index contributed by atoms with van der Waals surface area (Å²) in [4.78, 5) is 16.3. The van der Waals surface area contributed by atoms with Crippen LogP contribution in [0.5, 0.6) is 0 Å². The molecule has 2 aliphatic rings. The van der Waals surface area contributed by atoms with Crippen LogP contribution in [0, 0.1) is 0 Å². The third kappa shape index (κ3) is 5.44. The summed E-state index contributed by atoms with van der Waals surface area (Å²) in [6, 6.07) is 1.35. The van der Waals surface area contributed by atoms with Gasteiger partial charge in [0, 0.05) is 58.6 Å². The molecule has 1 aromatic rings. The minimum atomic E-state index is -4.48. The second kappa shape index (κ2) is 9.37. The van der Waals surface area contributed by atoms with Crippen molar-refractivity contribution >= 4 is 11.9 Å². The van der Waals surface area contributed by atoms with Crippen molar-refractivity contribution in [2.45, 2.75) is 18.6 Å². The van der Waals surface area contributed by atoms with Gasteiger partial charge in [0.2, 0.25) is 5.95 Å². The summed E-state index contributed by atoms with van der Waals surface area (Å²) in [6.07, 6.45) is -2.30. The van der Waals surface area contributed by atoms with Crippen molar-refractivity contribution in [3.63, 3.8) is 0 Å². The number of morpholine rings is 1. The highest BCUT2D eigenvalue weighted by Crippen LogP contribution is 2.27. The number of aliphatic imine (C=N–C) groups is 1. The number of nitrogens with zero attached hydrogens (tertiary/aromatic N) is 5. The van der Waals surface area contributed by atoms with Gasteiger partial charge in [0.05, 0.1) is 13.2 Å². The average Bonchev–Trinajstić information content (AvgIpc) is 3.18. The van der Waals surface area contributed by atoms with Crippen molar-refractivity contribution in [3.8, 4) is 0 Å². The highest BCUT2D eigenvalue weighted by Gasteiger charge is 2.33. The predicted molar refractivity (Wildman–Crippen MR) is 99.3 cm³/mol. The summed E-state index contributed by atoms with van der Waals surface area (Å²) in [7, 11) is 1.73. The molecule has 0 aromatic carbocycles. The van der Waals surface area contributed by atoms with Crippen LogP contribution in [0.15, 0.2) is 17.3 Å². The van der Waals surface area contributed by atoms with Crippen LogP contribution in [-0.4, -0.2) is 91.3 Å². The Balaban J connectivity index is 1.42. The zero-order valence-electron chi connectivity index (χ0n) is 15.9. The molecule has 11 heteroatoms. The third-order valence-electron chi connectivity index (χ3n) is 4.87. The van der Waals surface area contributed by atoms with Crippen LogP contribution in [0.4, 0.5) is 19.1 Å². The van der Waals surface area contributed by atoms with E-state index in [2.05, 4.69) is 35.4 Å². The fourth-order valence-corrected chi connectivity index (χ4v) is 3.46. The molecule has 1 atom stereocenters. The van der Waals surface area contributed by atoms with Gasteiger partial charge in [-0.3, -0.25) is 9.89 Å². The van der Waals surface area contributed by atoms with Crippen LogP contribution < -0.4 is 10.6 Å². The van der Waals surface area contributed by atoms with E-state index in [1.807, 2.05) is 0 Å². The summed E-state index contributed by atoms with van der Waals surface area (Å²) >= 11 is 0. The quantitative estimate of drug-likeness (QED) is 0.431. The summed E-state index contributed by atoms with van der Waals surface area (Å²) in [5.41, 5.74) is -0.958. The van der Waals surface area contributed by atoms with Crippen LogP contribution >= 0.6 is 0 Å². The first-order valence-corrected chi connectivity index (χ1v) is 9.39. The lowest BCUT2D eigenvalue weighted by molar-refractivity contribution is -0.141. The lowest BCUT2D eigenvalue weighted by Crippen LogP contribution is -2.47. The summed E-state index contributed by atoms with van der Waals surface area (Å²) in [6.45, 7) is 6.19. The summed E-state index contributed by atoms with van der Waals surface area (Å²) in [5, 5.41) is 6.05. The maximum Gasteiger partial charge on any atom is 0.433 e. The summed E-state index contributed by atoms with van der Waals surface area (Å²) < 4.78 is 43.5. The topological polar surface area (TPSA) is 77.9 Å². The fourth-order valence-electron chi connectivity index (χ4n) is 3.46. The lowest BCUT2D eigenvalue weighted by Gasteiger charge is -2.32. The van der Waals surface area contributed by atoms with E-state index in [1.165, 1.54) is 0 Å². The first-order chi connectivity index (χ1) is 13.5. The van der Waals surface area contributed by atoms with Crippen molar-refractivity contribution in [2.24, 2.45) is 4.99 Å². The van der Waals surface area contributed by atoms with Crippen molar-refractivity contribution < 1.29 is 17.9 Å². The molecule has 8 nitrogen and oxygen atoms in total. The smallest absolute Gasteiger partial charge is 0.379 e. The molecule has 3 rings (SSSR count). The minimum absolute atomic E-state index is 0.0415. The maximum absolute atomic E-state index is 12.7. The van der Waals surface area contributed by atoms with E-state index in [0.29, 0.717) is 19.1 Å². The van der Waals surface area contributed by atoms with Crippen LogP contribution in [0.3, 0.4) is 0 Å². The molecule has 1 aromatic heterocycles. The van der Waals surface area contributed by atoms with E-state index in [-0.39, 0.29) is 5.95 Å². The molecular formula is C17H26F3N7O. The lowest BCUT2D eigenvalue weighted by atomic mass is 10.2. The van der Waals surface area contributed by atoms with E-state index >= 15 is 0 Å². The number of ether oxygens (including phenoxy) is 1. The number of nitrogens with one attached hydrogen (secondary N) is 2. The Morgan fingerprint density at radius 1 is 1.29 bits per heavy atom. The number of guanidine groups is 1. The fraction of sp³-hybridized carbons (Fsp3) is 0.706. The Kier molecular flexibility index (Phi) is 6.89. The molecule has 2 saturated heterocycles. The van der Waals surface area contributed by atoms with Crippen molar-refractivity contribution in [2.75, 3.05) is 64.8 Å². The van der Waals surface area contributed by atoms with Gasteiger partial charge in [-0.05, 0) is 12.5 Å². The minimum Gasteiger partial charge on any atom is -0.379 e. The third-order valence-corrected chi connectivity index (χ3v) is 4.87. The summed E-state index contributed by atoms with van der Waals surface area (Å²) in [5.74, 6) is 0.752. The Hall–Kier alpha value is -2.14. The first kappa shape index (κ1) is 20.6. The van der Waals surface area contributed by atoms with Gasteiger partial charge < -0.3 is 20.3 Å². The molecular weight excluding hydrogens is 375 g/mol. The zero-order valence-corrected chi connectivity index (χ0v) is 15.9. The number of hydrogen-bond donors (Lipinski definition) is 2. The Morgan fingerprint density at radius 3 is 2.79 bits per heavy atom. The van der Waals surface area contributed by atoms with Crippen LogP contribution in [0.1, 0.15) is 12.1 Å². The number of hydrogen-bond acceptors (Lipinski definition) is 6. The molecule has 0 spiro atoms.